The molecule has 0 aromatic rings. The first-order chi connectivity index (χ1) is 7.58. The maximum absolute atomic E-state index is 11.2. The zero-order valence-electron chi connectivity index (χ0n) is 9.55. The Morgan fingerprint density at radius 3 is 2.88 bits per heavy atom. The number of carbonyl (C=O) groups excluding carboxylic acids is 1. The van der Waals surface area contributed by atoms with Gasteiger partial charge >= 0.3 is 5.97 Å². The number of methoxy groups -OCH3 is 1. The van der Waals surface area contributed by atoms with Crippen LogP contribution >= 0.6 is 0 Å². The Kier molecular flexibility index (Phi) is 4.76. The monoisotopic (exact) mass is 230 g/mol. The van der Waals surface area contributed by atoms with Crippen molar-refractivity contribution >= 4 is 5.97 Å². The minimum absolute atomic E-state index is 0.296. The summed E-state index contributed by atoms with van der Waals surface area (Å²) in [5.74, 6) is -0.0835. The number of ether oxygens (including phenoxy) is 2. The van der Waals surface area contributed by atoms with Gasteiger partial charge in [-0.1, -0.05) is 13.3 Å². The molecule has 92 valence electrons. The Hall–Kier alpha value is -1.07. The maximum atomic E-state index is 11.2. The van der Waals surface area contributed by atoms with E-state index in [0.29, 0.717) is 18.6 Å². The normalized spacial score (nSPS) is 24.4. The van der Waals surface area contributed by atoms with Crippen LogP contribution in [-0.2, 0) is 14.3 Å². The highest BCUT2D eigenvalue weighted by Gasteiger charge is 2.32. The van der Waals surface area contributed by atoms with E-state index in [2.05, 4.69) is 0 Å². The van der Waals surface area contributed by atoms with Crippen molar-refractivity contribution in [1.29, 1.82) is 0 Å². The van der Waals surface area contributed by atoms with Crippen molar-refractivity contribution in [2.75, 3.05) is 7.11 Å². The standard InChI is InChI=1S/C11H18O5/c1-3-4-8(12)11(14)9-5-7(15-2)6-10(13)16-9/h6,8-9,11-12,14H,3-5H2,1-2H3. The van der Waals surface area contributed by atoms with Gasteiger partial charge in [-0.2, -0.15) is 0 Å². The summed E-state index contributed by atoms with van der Waals surface area (Å²) in [5, 5.41) is 19.4. The fourth-order valence-electron chi connectivity index (χ4n) is 1.66. The fourth-order valence-corrected chi connectivity index (χ4v) is 1.66. The quantitative estimate of drug-likeness (QED) is 0.667. The molecule has 0 spiro atoms. The second-order valence-corrected chi connectivity index (χ2v) is 3.84. The van der Waals surface area contributed by atoms with E-state index in [-0.39, 0.29) is 0 Å². The summed E-state index contributed by atoms with van der Waals surface area (Å²) in [6.07, 6.45) is 0.1000. The third kappa shape index (κ3) is 3.21. The Labute approximate surface area is 94.7 Å². The molecule has 0 bridgehead atoms. The Morgan fingerprint density at radius 1 is 1.62 bits per heavy atom. The topological polar surface area (TPSA) is 76.0 Å². The fraction of sp³-hybridized carbons (Fsp3) is 0.727. The van der Waals surface area contributed by atoms with Crippen molar-refractivity contribution in [3.05, 3.63) is 11.8 Å². The van der Waals surface area contributed by atoms with Crippen molar-refractivity contribution in [1.82, 2.24) is 0 Å². The largest absolute Gasteiger partial charge is 0.501 e. The Morgan fingerprint density at radius 2 is 2.31 bits per heavy atom. The number of aliphatic hydroxyl groups is 2. The van der Waals surface area contributed by atoms with Crippen LogP contribution in [0.15, 0.2) is 11.8 Å². The molecule has 0 saturated heterocycles. The number of cyclic esters (lactones) is 1. The smallest absolute Gasteiger partial charge is 0.334 e. The van der Waals surface area contributed by atoms with Gasteiger partial charge in [-0.25, -0.2) is 4.79 Å². The van der Waals surface area contributed by atoms with Gasteiger partial charge in [0.05, 0.1) is 19.3 Å². The summed E-state index contributed by atoms with van der Waals surface area (Å²) in [4.78, 5) is 11.2. The molecular formula is C11H18O5. The van der Waals surface area contributed by atoms with E-state index in [0.717, 1.165) is 6.42 Å². The molecule has 1 aliphatic rings. The molecule has 0 radical (unpaired) electrons. The number of aliphatic hydroxyl groups excluding tert-OH is 2. The molecule has 0 saturated carbocycles. The second-order valence-electron chi connectivity index (χ2n) is 3.84. The van der Waals surface area contributed by atoms with Gasteiger partial charge in [-0.3, -0.25) is 0 Å². The van der Waals surface area contributed by atoms with Crippen molar-refractivity contribution in [2.24, 2.45) is 0 Å². The average Bonchev–Trinajstić information content (AvgIpc) is 2.27. The SMILES string of the molecule is CCCC(O)C(O)C1CC(OC)=CC(=O)O1. The lowest BCUT2D eigenvalue weighted by molar-refractivity contribution is -0.157. The lowest BCUT2D eigenvalue weighted by Gasteiger charge is -2.29. The maximum Gasteiger partial charge on any atom is 0.334 e. The lowest BCUT2D eigenvalue weighted by Crippen LogP contribution is -2.41. The number of carbonyl (C=O) groups is 1. The number of hydrogen-bond donors (Lipinski definition) is 2. The van der Waals surface area contributed by atoms with Crippen LogP contribution in [0.4, 0.5) is 0 Å². The molecule has 5 nitrogen and oxygen atoms in total. The summed E-state index contributed by atoms with van der Waals surface area (Å²) < 4.78 is 9.89. The third-order valence-electron chi connectivity index (χ3n) is 2.57. The van der Waals surface area contributed by atoms with Gasteiger partial charge in [-0.05, 0) is 6.42 Å². The highest BCUT2D eigenvalue weighted by molar-refractivity contribution is 5.83. The minimum Gasteiger partial charge on any atom is -0.501 e. The lowest BCUT2D eigenvalue weighted by atomic mass is 9.99. The Balaban J connectivity index is 2.61. The number of esters is 1. The Bertz CT molecular complexity index is 274. The molecule has 0 aliphatic carbocycles. The van der Waals surface area contributed by atoms with Crippen LogP contribution in [0.5, 0.6) is 0 Å². The van der Waals surface area contributed by atoms with Crippen molar-refractivity contribution in [2.45, 2.75) is 44.5 Å². The molecule has 3 atom stereocenters. The predicted octanol–water partition coefficient (Wildman–Crippen LogP) is 0.354. The molecule has 0 amide bonds. The average molecular weight is 230 g/mol. The van der Waals surface area contributed by atoms with E-state index < -0.39 is 24.3 Å². The van der Waals surface area contributed by atoms with E-state index in [9.17, 15) is 15.0 Å². The van der Waals surface area contributed by atoms with Gasteiger partial charge in [-0.15, -0.1) is 0 Å². The van der Waals surface area contributed by atoms with Crippen molar-refractivity contribution in [3.63, 3.8) is 0 Å². The van der Waals surface area contributed by atoms with Gasteiger partial charge in [0.25, 0.3) is 0 Å². The van der Waals surface area contributed by atoms with Crippen molar-refractivity contribution in [3.8, 4) is 0 Å². The highest BCUT2D eigenvalue weighted by Crippen LogP contribution is 2.21. The zero-order valence-corrected chi connectivity index (χ0v) is 9.55. The molecular weight excluding hydrogens is 212 g/mol. The summed E-state index contributed by atoms with van der Waals surface area (Å²) in [7, 11) is 1.45. The third-order valence-corrected chi connectivity index (χ3v) is 2.57. The van der Waals surface area contributed by atoms with Gasteiger partial charge in [0, 0.05) is 6.42 Å². The van der Waals surface area contributed by atoms with Crippen LogP contribution in [0.1, 0.15) is 26.2 Å². The summed E-state index contributed by atoms with van der Waals surface area (Å²) >= 11 is 0. The van der Waals surface area contributed by atoms with Crippen LogP contribution in [0.25, 0.3) is 0 Å². The number of hydrogen-bond acceptors (Lipinski definition) is 5. The second kappa shape index (κ2) is 5.86. The summed E-state index contributed by atoms with van der Waals surface area (Å²) in [6, 6.07) is 0. The van der Waals surface area contributed by atoms with E-state index in [4.69, 9.17) is 9.47 Å². The van der Waals surface area contributed by atoms with E-state index >= 15 is 0 Å². The molecule has 3 unspecified atom stereocenters. The minimum atomic E-state index is -1.07. The van der Waals surface area contributed by atoms with E-state index in [1.165, 1.54) is 13.2 Å². The molecule has 16 heavy (non-hydrogen) atoms. The summed E-state index contributed by atoms with van der Waals surface area (Å²) in [6.45, 7) is 1.91. The first-order valence-corrected chi connectivity index (χ1v) is 5.39. The van der Waals surface area contributed by atoms with Crippen LogP contribution in [0.2, 0.25) is 0 Å². The first-order valence-electron chi connectivity index (χ1n) is 5.39. The predicted molar refractivity (Wildman–Crippen MR) is 56.5 cm³/mol. The van der Waals surface area contributed by atoms with Crippen LogP contribution in [0, 0.1) is 0 Å². The molecule has 0 fully saturated rings. The van der Waals surface area contributed by atoms with Crippen LogP contribution < -0.4 is 0 Å². The van der Waals surface area contributed by atoms with E-state index in [1.807, 2.05) is 6.92 Å². The first kappa shape index (κ1) is 13.0. The molecule has 1 heterocycles. The van der Waals surface area contributed by atoms with Gasteiger partial charge < -0.3 is 19.7 Å². The molecule has 5 heteroatoms. The molecule has 1 aliphatic heterocycles. The van der Waals surface area contributed by atoms with Gasteiger partial charge in [0.2, 0.25) is 0 Å². The molecule has 2 N–H and O–H groups in total. The molecule has 0 aromatic heterocycles. The van der Waals surface area contributed by atoms with Crippen LogP contribution in [-0.4, -0.2) is 41.6 Å². The number of rotatable bonds is 5. The molecule has 1 rings (SSSR count). The highest BCUT2D eigenvalue weighted by atomic mass is 16.6. The zero-order chi connectivity index (χ0) is 12.1. The van der Waals surface area contributed by atoms with Crippen LogP contribution in [0.3, 0.4) is 0 Å². The van der Waals surface area contributed by atoms with Crippen molar-refractivity contribution < 1.29 is 24.5 Å². The van der Waals surface area contributed by atoms with E-state index in [1.54, 1.807) is 0 Å². The molecule has 0 aromatic carbocycles. The van der Waals surface area contributed by atoms with Gasteiger partial charge in [0.1, 0.15) is 18.0 Å². The summed E-state index contributed by atoms with van der Waals surface area (Å²) in [5.41, 5.74) is 0. The van der Waals surface area contributed by atoms with Gasteiger partial charge in [0.15, 0.2) is 0 Å².